The molecule has 2 aromatic rings. The van der Waals surface area contributed by atoms with Gasteiger partial charge in [0.25, 0.3) is 0 Å². The zero-order valence-electron chi connectivity index (χ0n) is 13.5. The summed E-state index contributed by atoms with van der Waals surface area (Å²) in [6.45, 7) is 0.655. The third-order valence-electron chi connectivity index (χ3n) is 4.09. The van der Waals surface area contributed by atoms with E-state index in [1.807, 2.05) is 42.5 Å². The van der Waals surface area contributed by atoms with Gasteiger partial charge in [0.2, 0.25) is 0 Å². The second-order valence-corrected chi connectivity index (χ2v) is 5.90. The second kappa shape index (κ2) is 7.73. The molecule has 1 aliphatic carbocycles. The number of ketones is 1. The van der Waals surface area contributed by atoms with Crippen LogP contribution >= 0.6 is 0 Å². The summed E-state index contributed by atoms with van der Waals surface area (Å²) < 4.78 is 13.1. The van der Waals surface area contributed by atoms with E-state index in [1.165, 1.54) is 12.1 Å². The SMILES string of the molecule is O=C1CCC=C/C1=C(\Cc1ccc(F)cc1)NCc1ccccc1. The number of Topliss-reactive ketones (excluding diaryl/α,β-unsaturated/α-hetero) is 1. The molecule has 0 saturated carbocycles. The maximum atomic E-state index is 13.1. The Balaban J connectivity index is 1.84. The first-order valence-corrected chi connectivity index (χ1v) is 8.17. The number of rotatable bonds is 5. The van der Waals surface area contributed by atoms with Gasteiger partial charge in [0.05, 0.1) is 0 Å². The van der Waals surface area contributed by atoms with E-state index in [1.54, 1.807) is 12.1 Å². The fraction of sp³-hybridized carbons (Fsp3) is 0.190. The van der Waals surface area contributed by atoms with Crippen LogP contribution in [0.5, 0.6) is 0 Å². The van der Waals surface area contributed by atoms with Crippen molar-refractivity contribution in [1.29, 1.82) is 0 Å². The van der Waals surface area contributed by atoms with Crippen LogP contribution in [0.3, 0.4) is 0 Å². The van der Waals surface area contributed by atoms with E-state index in [2.05, 4.69) is 5.32 Å². The van der Waals surface area contributed by atoms with Gasteiger partial charge in [0, 0.05) is 30.7 Å². The Bertz CT molecular complexity index is 760. The van der Waals surface area contributed by atoms with E-state index in [-0.39, 0.29) is 11.6 Å². The van der Waals surface area contributed by atoms with Gasteiger partial charge in [-0.05, 0) is 29.7 Å². The molecule has 2 nitrogen and oxygen atoms in total. The smallest absolute Gasteiger partial charge is 0.164 e. The van der Waals surface area contributed by atoms with E-state index < -0.39 is 0 Å². The van der Waals surface area contributed by atoms with Crippen LogP contribution in [0.1, 0.15) is 24.0 Å². The number of carbonyl (C=O) groups excluding carboxylic acids is 1. The molecular weight excluding hydrogens is 301 g/mol. The third kappa shape index (κ3) is 4.19. The second-order valence-electron chi connectivity index (χ2n) is 5.90. The van der Waals surface area contributed by atoms with Crippen LogP contribution in [0.2, 0.25) is 0 Å². The van der Waals surface area contributed by atoms with Crippen molar-refractivity contribution in [3.63, 3.8) is 0 Å². The van der Waals surface area contributed by atoms with Crippen molar-refractivity contribution in [3.05, 3.63) is 95.0 Å². The van der Waals surface area contributed by atoms with Crippen molar-refractivity contribution in [2.75, 3.05) is 0 Å². The number of hydrogen-bond donors (Lipinski definition) is 1. The molecule has 0 aliphatic heterocycles. The van der Waals surface area contributed by atoms with Gasteiger partial charge in [0.1, 0.15) is 5.82 Å². The Morgan fingerprint density at radius 2 is 1.75 bits per heavy atom. The summed E-state index contributed by atoms with van der Waals surface area (Å²) in [5.74, 6) is -0.0889. The molecule has 0 spiro atoms. The summed E-state index contributed by atoms with van der Waals surface area (Å²) in [6, 6.07) is 16.5. The molecule has 0 atom stereocenters. The molecule has 0 bridgehead atoms. The Morgan fingerprint density at radius 3 is 2.46 bits per heavy atom. The molecule has 3 heteroatoms. The first kappa shape index (κ1) is 16.2. The van der Waals surface area contributed by atoms with Crippen molar-refractivity contribution in [3.8, 4) is 0 Å². The zero-order valence-corrected chi connectivity index (χ0v) is 13.5. The summed E-state index contributed by atoms with van der Waals surface area (Å²) in [5, 5.41) is 3.41. The van der Waals surface area contributed by atoms with E-state index >= 15 is 0 Å². The Hall–Kier alpha value is -2.68. The quantitative estimate of drug-likeness (QED) is 0.831. The molecule has 0 fully saturated rings. The topological polar surface area (TPSA) is 29.1 Å². The van der Waals surface area contributed by atoms with E-state index in [0.717, 1.165) is 28.8 Å². The van der Waals surface area contributed by atoms with Crippen molar-refractivity contribution in [2.45, 2.75) is 25.8 Å². The van der Waals surface area contributed by atoms with Crippen molar-refractivity contribution >= 4 is 5.78 Å². The molecule has 3 rings (SSSR count). The zero-order chi connectivity index (χ0) is 16.8. The van der Waals surface area contributed by atoms with Gasteiger partial charge < -0.3 is 5.32 Å². The van der Waals surface area contributed by atoms with Crippen LogP contribution in [-0.4, -0.2) is 5.78 Å². The largest absolute Gasteiger partial charge is 0.383 e. The highest BCUT2D eigenvalue weighted by molar-refractivity contribution is 5.99. The highest BCUT2D eigenvalue weighted by Crippen LogP contribution is 2.19. The Morgan fingerprint density at radius 1 is 1.00 bits per heavy atom. The highest BCUT2D eigenvalue weighted by atomic mass is 19.1. The monoisotopic (exact) mass is 321 g/mol. The van der Waals surface area contributed by atoms with Crippen LogP contribution in [0.4, 0.5) is 4.39 Å². The lowest BCUT2D eigenvalue weighted by atomic mass is 9.95. The molecule has 0 amide bonds. The molecule has 122 valence electrons. The summed E-state index contributed by atoms with van der Waals surface area (Å²) in [6.07, 6.45) is 5.86. The lowest BCUT2D eigenvalue weighted by Gasteiger charge is -2.17. The van der Waals surface area contributed by atoms with Gasteiger partial charge in [0.15, 0.2) is 5.78 Å². The van der Waals surface area contributed by atoms with Gasteiger partial charge in [-0.2, -0.15) is 0 Å². The number of carbonyl (C=O) groups is 1. The maximum absolute atomic E-state index is 13.1. The minimum atomic E-state index is -0.251. The van der Waals surface area contributed by atoms with Crippen LogP contribution in [-0.2, 0) is 17.8 Å². The molecule has 2 aromatic carbocycles. The molecule has 1 aliphatic rings. The first-order chi connectivity index (χ1) is 11.7. The molecular formula is C21H20FNO. The number of benzene rings is 2. The van der Waals surface area contributed by atoms with Crippen LogP contribution in [0.25, 0.3) is 0 Å². The summed E-state index contributed by atoms with van der Waals surface area (Å²) in [5.41, 5.74) is 3.76. The Labute approximate surface area is 141 Å². The lowest BCUT2D eigenvalue weighted by Crippen LogP contribution is -2.20. The van der Waals surface area contributed by atoms with Gasteiger partial charge >= 0.3 is 0 Å². The molecule has 0 unspecified atom stereocenters. The number of hydrogen-bond acceptors (Lipinski definition) is 2. The van der Waals surface area contributed by atoms with Crippen molar-refractivity contribution in [2.24, 2.45) is 0 Å². The maximum Gasteiger partial charge on any atom is 0.164 e. The van der Waals surface area contributed by atoms with Gasteiger partial charge in [-0.15, -0.1) is 0 Å². The molecule has 1 N–H and O–H groups in total. The minimum Gasteiger partial charge on any atom is -0.383 e. The lowest BCUT2D eigenvalue weighted by molar-refractivity contribution is -0.115. The fourth-order valence-electron chi connectivity index (χ4n) is 2.78. The average molecular weight is 321 g/mol. The minimum absolute atomic E-state index is 0.162. The normalized spacial score (nSPS) is 16.1. The van der Waals surface area contributed by atoms with E-state index in [4.69, 9.17) is 0 Å². The first-order valence-electron chi connectivity index (χ1n) is 8.17. The van der Waals surface area contributed by atoms with E-state index in [0.29, 0.717) is 19.4 Å². The van der Waals surface area contributed by atoms with E-state index in [9.17, 15) is 9.18 Å². The predicted octanol–water partition coefficient (Wildman–Crippen LogP) is 4.33. The van der Waals surface area contributed by atoms with Crippen molar-refractivity contribution < 1.29 is 9.18 Å². The predicted molar refractivity (Wildman–Crippen MR) is 93.8 cm³/mol. The number of allylic oxidation sites excluding steroid dienone is 4. The number of nitrogens with one attached hydrogen (secondary N) is 1. The summed E-state index contributed by atoms with van der Waals surface area (Å²) >= 11 is 0. The standard InChI is InChI=1S/C21H20FNO/c22-18-12-10-16(11-13-18)14-20(19-8-4-5-9-21(19)24)23-15-17-6-2-1-3-7-17/h1-4,6-8,10-13,23H,5,9,14-15H2/b20-19-. The van der Waals surface area contributed by atoms with Gasteiger partial charge in [-0.1, -0.05) is 54.6 Å². The van der Waals surface area contributed by atoms with Gasteiger partial charge in [-0.25, -0.2) is 4.39 Å². The van der Waals surface area contributed by atoms with Gasteiger partial charge in [-0.3, -0.25) is 4.79 Å². The van der Waals surface area contributed by atoms with Crippen LogP contribution in [0, 0.1) is 5.82 Å². The molecule has 0 aromatic heterocycles. The molecule has 0 saturated heterocycles. The highest BCUT2D eigenvalue weighted by Gasteiger charge is 2.16. The molecule has 0 heterocycles. The fourth-order valence-corrected chi connectivity index (χ4v) is 2.78. The Kier molecular flexibility index (Phi) is 5.22. The number of halogens is 1. The van der Waals surface area contributed by atoms with Crippen LogP contribution < -0.4 is 5.32 Å². The van der Waals surface area contributed by atoms with Crippen molar-refractivity contribution in [1.82, 2.24) is 5.32 Å². The van der Waals surface area contributed by atoms with Crippen LogP contribution in [0.15, 0.2) is 78.0 Å². The third-order valence-corrected chi connectivity index (χ3v) is 4.09. The molecule has 24 heavy (non-hydrogen) atoms. The average Bonchev–Trinajstić information content (AvgIpc) is 2.62. The summed E-state index contributed by atoms with van der Waals surface area (Å²) in [7, 11) is 0. The molecule has 0 radical (unpaired) electrons. The summed E-state index contributed by atoms with van der Waals surface area (Å²) in [4.78, 5) is 12.3.